The molecule has 2 aromatic carbocycles. The number of aryl methyl sites for hydroxylation is 1. The Bertz CT molecular complexity index is 1390. The van der Waals surface area contributed by atoms with Crippen LogP contribution in [0.5, 0.6) is 5.75 Å². The van der Waals surface area contributed by atoms with Crippen molar-refractivity contribution in [3.05, 3.63) is 94.6 Å². The number of pyridine rings is 1. The third-order valence-electron chi connectivity index (χ3n) is 5.89. The molecule has 0 saturated carbocycles. The molecule has 0 atom stereocenters. The van der Waals surface area contributed by atoms with E-state index in [1.807, 2.05) is 43.3 Å². The SMILES string of the molecule is CCCc1nc2ccccc2n1Cc1ccc2c(n1)COc1ccccc1/C2=C(\C)C#N. The third-order valence-corrected chi connectivity index (χ3v) is 5.89. The van der Waals surface area contributed by atoms with Crippen LogP contribution in [0, 0.1) is 11.3 Å². The molecule has 4 aromatic rings. The van der Waals surface area contributed by atoms with Gasteiger partial charge in [0, 0.05) is 28.7 Å². The fraction of sp³-hybridized carbons (Fsp3) is 0.222. The Labute approximate surface area is 187 Å². The molecule has 0 amide bonds. The van der Waals surface area contributed by atoms with Crippen molar-refractivity contribution in [3.63, 3.8) is 0 Å². The van der Waals surface area contributed by atoms with Gasteiger partial charge in [0.2, 0.25) is 0 Å². The van der Waals surface area contributed by atoms with Gasteiger partial charge in [-0.3, -0.25) is 4.98 Å². The second-order valence-corrected chi connectivity index (χ2v) is 8.05. The first-order chi connectivity index (χ1) is 15.7. The standard InChI is InChI=1S/C27H24N4O/c1-3-8-26-30-22-10-5-6-11-24(22)31(26)16-19-13-14-20-23(29-19)17-32-25-12-7-4-9-21(25)27(20)18(2)15-28/h4-7,9-14H,3,8,16-17H2,1-2H3/b27-18+. The second-order valence-electron chi connectivity index (χ2n) is 8.05. The van der Waals surface area contributed by atoms with E-state index in [9.17, 15) is 5.26 Å². The van der Waals surface area contributed by atoms with E-state index in [1.165, 1.54) is 0 Å². The van der Waals surface area contributed by atoms with Crippen LogP contribution in [0.4, 0.5) is 0 Å². The second kappa shape index (κ2) is 8.32. The summed E-state index contributed by atoms with van der Waals surface area (Å²) in [6.45, 7) is 5.04. The lowest BCUT2D eigenvalue weighted by Gasteiger charge is -2.13. The molecule has 1 aliphatic heterocycles. The normalized spacial score (nSPS) is 14.2. The van der Waals surface area contributed by atoms with Crippen LogP contribution in [0.15, 0.2) is 66.2 Å². The van der Waals surface area contributed by atoms with Gasteiger partial charge >= 0.3 is 0 Å². The van der Waals surface area contributed by atoms with Gasteiger partial charge in [-0.15, -0.1) is 0 Å². The molecule has 32 heavy (non-hydrogen) atoms. The Morgan fingerprint density at radius 3 is 2.69 bits per heavy atom. The molecular formula is C27H24N4O. The van der Waals surface area contributed by atoms with Gasteiger partial charge in [0.1, 0.15) is 18.2 Å². The highest BCUT2D eigenvalue weighted by atomic mass is 16.5. The maximum Gasteiger partial charge on any atom is 0.131 e. The average Bonchev–Trinajstić information content (AvgIpc) is 3.07. The summed E-state index contributed by atoms with van der Waals surface area (Å²) in [4.78, 5) is 9.83. The first kappa shape index (κ1) is 20.0. The molecule has 0 saturated heterocycles. The summed E-state index contributed by atoms with van der Waals surface area (Å²) in [7, 11) is 0. The summed E-state index contributed by atoms with van der Waals surface area (Å²) in [5.41, 5.74) is 7.39. The lowest BCUT2D eigenvalue weighted by molar-refractivity contribution is 0.302. The molecule has 3 heterocycles. The Hall–Kier alpha value is -3.91. The van der Waals surface area contributed by atoms with Crippen LogP contribution in [0.1, 0.15) is 48.6 Å². The number of aromatic nitrogens is 3. The van der Waals surface area contributed by atoms with Gasteiger partial charge in [-0.1, -0.05) is 43.3 Å². The van der Waals surface area contributed by atoms with Gasteiger partial charge in [0.25, 0.3) is 0 Å². The fourth-order valence-corrected chi connectivity index (χ4v) is 4.40. The largest absolute Gasteiger partial charge is 0.487 e. The number of nitriles is 1. The number of nitrogens with zero attached hydrogens (tertiary/aromatic N) is 4. The molecule has 2 aromatic heterocycles. The summed E-state index contributed by atoms with van der Waals surface area (Å²) in [6, 6.07) is 22.6. The van der Waals surface area contributed by atoms with E-state index in [4.69, 9.17) is 14.7 Å². The zero-order chi connectivity index (χ0) is 22.1. The van der Waals surface area contributed by atoms with Crippen LogP contribution in [0.3, 0.4) is 0 Å². The Kier molecular flexibility index (Phi) is 5.20. The summed E-state index contributed by atoms with van der Waals surface area (Å²) in [5, 5.41) is 9.66. The van der Waals surface area contributed by atoms with E-state index < -0.39 is 0 Å². The summed E-state index contributed by atoms with van der Waals surface area (Å²) in [5.74, 6) is 1.86. The highest BCUT2D eigenvalue weighted by Crippen LogP contribution is 2.38. The number of hydrogen-bond donors (Lipinski definition) is 0. The van der Waals surface area contributed by atoms with E-state index in [0.29, 0.717) is 18.7 Å². The topological polar surface area (TPSA) is 63.7 Å². The number of allylic oxidation sites excluding steroid dienone is 1. The van der Waals surface area contributed by atoms with Gasteiger partial charge < -0.3 is 9.30 Å². The third kappa shape index (κ3) is 3.44. The summed E-state index contributed by atoms with van der Waals surface area (Å²) >= 11 is 0. The van der Waals surface area contributed by atoms with Crippen LogP contribution >= 0.6 is 0 Å². The van der Waals surface area contributed by atoms with Crippen molar-refractivity contribution >= 4 is 16.6 Å². The van der Waals surface area contributed by atoms with Gasteiger partial charge in [0.05, 0.1) is 35.0 Å². The predicted molar refractivity (Wildman–Crippen MR) is 125 cm³/mol. The van der Waals surface area contributed by atoms with E-state index >= 15 is 0 Å². The van der Waals surface area contributed by atoms with Crippen molar-refractivity contribution in [2.45, 2.75) is 39.8 Å². The van der Waals surface area contributed by atoms with E-state index in [2.05, 4.69) is 41.8 Å². The molecule has 1 aliphatic rings. The van der Waals surface area contributed by atoms with Crippen molar-refractivity contribution in [1.29, 1.82) is 5.26 Å². The summed E-state index contributed by atoms with van der Waals surface area (Å²) < 4.78 is 8.36. The molecule has 5 rings (SSSR count). The number of fused-ring (bicyclic) bond motifs is 3. The highest BCUT2D eigenvalue weighted by molar-refractivity contribution is 5.88. The minimum atomic E-state index is 0.370. The maximum absolute atomic E-state index is 9.66. The van der Waals surface area contributed by atoms with Gasteiger partial charge in [-0.25, -0.2) is 4.98 Å². The molecule has 0 N–H and O–H groups in total. The van der Waals surface area contributed by atoms with Gasteiger partial charge in [0.15, 0.2) is 0 Å². The Morgan fingerprint density at radius 2 is 1.84 bits per heavy atom. The number of para-hydroxylation sites is 3. The molecule has 158 valence electrons. The maximum atomic E-state index is 9.66. The number of imidazole rings is 1. The van der Waals surface area contributed by atoms with Crippen LogP contribution in [-0.4, -0.2) is 14.5 Å². The Balaban J connectivity index is 1.60. The van der Waals surface area contributed by atoms with Crippen molar-refractivity contribution < 1.29 is 4.74 Å². The highest BCUT2D eigenvalue weighted by Gasteiger charge is 2.22. The molecular weight excluding hydrogens is 396 g/mol. The molecule has 5 heteroatoms. The van der Waals surface area contributed by atoms with Crippen molar-refractivity contribution in [3.8, 4) is 11.8 Å². The quantitative estimate of drug-likeness (QED) is 0.399. The van der Waals surface area contributed by atoms with Crippen LogP contribution < -0.4 is 4.74 Å². The molecule has 0 aliphatic carbocycles. The lowest BCUT2D eigenvalue weighted by atomic mass is 9.93. The van der Waals surface area contributed by atoms with Crippen LogP contribution in [-0.2, 0) is 19.6 Å². The number of ether oxygens (including phenoxy) is 1. The Morgan fingerprint density at radius 1 is 1.03 bits per heavy atom. The first-order valence-electron chi connectivity index (χ1n) is 11.0. The minimum absolute atomic E-state index is 0.370. The summed E-state index contributed by atoms with van der Waals surface area (Å²) in [6.07, 6.45) is 1.96. The average molecular weight is 421 g/mol. The van der Waals surface area contributed by atoms with Gasteiger partial charge in [-0.05, 0) is 37.6 Å². The minimum Gasteiger partial charge on any atom is -0.487 e. The number of hydrogen-bond acceptors (Lipinski definition) is 4. The fourth-order valence-electron chi connectivity index (χ4n) is 4.40. The predicted octanol–water partition coefficient (Wildman–Crippen LogP) is 5.67. The molecule has 0 radical (unpaired) electrons. The molecule has 0 fully saturated rings. The van der Waals surface area contributed by atoms with E-state index in [0.717, 1.165) is 63.5 Å². The van der Waals surface area contributed by atoms with Crippen molar-refractivity contribution in [2.24, 2.45) is 0 Å². The van der Waals surface area contributed by atoms with E-state index in [1.54, 1.807) is 0 Å². The smallest absolute Gasteiger partial charge is 0.131 e. The monoisotopic (exact) mass is 420 g/mol. The first-order valence-corrected chi connectivity index (χ1v) is 11.0. The molecule has 5 nitrogen and oxygen atoms in total. The molecule has 0 unspecified atom stereocenters. The van der Waals surface area contributed by atoms with E-state index in [-0.39, 0.29) is 0 Å². The number of benzene rings is 2. The zero-order valence-corrected chi connectivity index (χ0v) is 18.3. The van der Waals surface area contributed by atoms with Crippen LogP contribution in [0.2, 0.25) is 0 Å². The molecule has 0 bridgehead atoms. The van der Waals surface area contributed by atoms with Crippen molar-refractivity contribution in [2.75, 3.05) is 0 Å². The van der Waals surface area contributed by atoms with Crippen molar-refractivity contribution in [1.82, 2.24) is 14.5 Å². The molecule has 0 spiro atoms. The zero-order valence-electron chi connectivity index (χ0n) is 18.3. The van der Waals surface area contributed by atoms with Crippen LogP contribution in [0.25, 0.3) is 16.6 Å². The van der Waals surface area contributed by atoms with Gasteiger partial charge in [-0.2, -0.15) is 5.26 Å². The lowest BCUT2D eigenvalue weighted by Crippen LogP contribution is -2.09. The number of rotatable bonds is 4.